The molecule has 0 heterocycles. The number of hydrogen-bond acceptors (Lipinski definition) is 4. The first-order valence-electron chi connectivity index (χ1n) is 6.60. The molecule has 1 aromatic carbocycles. The molecule has 0 unspecified atom stereocenters. The van der Waals surface area contributed by atoms with Crippen molar-refractivity contribution < 1.29 is 22.7 Å². The Labute approximate surface area is 124 Å². The number of halogens is 1. The largest absolute Gasteiger partial charge is 0.491 e. The van der Waals surface area contributed by atoms with Gasteiger partial charge in [0, 0.05) is 12.5 Å². The first-order valence-corrected chi connectivity index (χ1v) is 8.32. The predicted molar refractivity (Wildman–Crippen MR) is 79.4 cm³/mol. The van der Waals surface area contributed by atoms with Gasteiger partial charge in [0.1, 0.15) is 18.2 Å². The predicted octanol–water partition coefficient (Wildman–Crippen LogP) is 1.76. The number of aliphatic hydroxyl groups is 1. The summed E-state index contributed by atoms with van der Waals surface area (Å²) in [6, 6.07) is 3.89. The number of ether oxygens (including phenoxy) is 1. The second-order valence-electron chi connectivity index (χ2n) is 4.68. The van der Waals surface area contributed by atoms with Crippen LogP contribution in [0.1, 0.15) is 25.8 Å². The van der Waals surface area contributed by atoms with Crippen molar-refractivity contribution in [3.63, 3.8) is 0 Å². The maximum absolute atomic E-state index is 13.2. The summed E-state index contributed by atoms with van der Waals surface area (Å²) in [6.07, 6.45) is 0.304. The van der Waals surface area contributed by atoms with Gasteiger partial charge in [0.15, 0.2) is 9.84 Å². The van der Waals surface area contributed by atoms with Gasteiger partial charge in [-0.2, -0.15) is 0 Å². The first kappa shape index (κ1) is 17.5. The number of rotatable bonds is 6. The van der Waals surface area contributed by atoms with E-state index in [2.05, 4.69) is 11.8 Å². The minimum absolute atomic E-state index is 0.0569. The molecule has 6 heteroatoms. The topological polar surface area (TPSA) is 63.6 Å². The molecule has 0 amide bonds. The number of sulfone groups is 1. The lowest BCUT2D eigenvalue weighted by atomic mass is 10.2. The molecule has 0 spiro atoms. The number of aliphatic hydroxyl groups excluding tert-OH is 1. The average molecular weight is 314 g/mol. The second kappa shape index (κ2) is 8.01. The van der Waals surface area contributed by atoms with E-state index in [1.165, 1.54) is 18.2 Å². The van der Waals surface area contributed by atoms with Crippen LogP contribution in [0.15, 0.2) is 18.2 Å². The highest BCUT2D eigenvalue weighted by atomic mass is 32.2. The molecule has 4 nitrogen and oxygen atoms in total. The third-order valence-corrected chi connectivity index (χ3v) is 4.92. The molecule has 0 bridgehead atoms. The minimum Gasteiger partial charge on any atom is -0.491 e. The Morgan fingerprint density at radius 3 is 2.71 bits per heavy atom. The van der Waals surface area contributed by atoms with Gasteiger partial charge in [-0.1, -0.05) is 11.8 Å². The van der Waals surface area contributed by atoms with Gasteiger partial charge in [-0.25, -0.2) is 12.8 Å². The van der Waals surface area contributed by atoms with Crippen molar-refractivity contribution in [1.29, 1.82) is 0 Å². The lowest BCUT2D eigenvalue weighted by Crippen LogP contribution is -2.22. The average Bonchev–Trinajstić information content (AvgIpc) is 2.41. The van der Waals surface area contributed by atoms with Crippen LogP contribution in [0.5, 0.6) is 5.75 Å². The zero-order chi connectivity index (χ0) is 15.9. The Balaban J connectivity index is 2.79. The van der Waals surface area contributed by atoms with Crippen molar-refractivity contribution in [2.75, 3.05) is 19.0 Å². The van der Waals surface area contributed by atoms with Crippen LogP contribution in [0.3, 0.4) is 0 Å². The van der Waals surface area contributed by atoms with Crippen LogP contribution in [-0.2, 0) is 9.84 Å². The monoisotopic (exact) mass is 314 g/mol. The zero-order valence-corrected chi connectivity index (χ0v) is 12.9. The van der Waals surface area contributed by atoms with Crippen molar-refractivity contribution in [3.8, 4) is 17.6 Å². The third-order valence-electron chi connectivity index (χ3n) is 2.75. The summed E-state index contributed by atoms with van der Waals surface area (Å²) in [4.78, 5) is 0. The molecule has 0 radical (unpaired) electrons. The van der Waals surface area contributed by atoms with E-state index in [0.29, 0.717) is 12.0 Å². The molecule has 1 aromatic rings. The Bertz CT molecular complexity index is 627. The van der Waals surface area contributed by atoms with Gasteiger partial charge >= 0.3 is 0 Å². The molecular weight excluding hydrogens is 295 g/mol. The van der Waals surface area contributed by atoms with Gasteiger partial charge in [0.25, 0.3) is 0 Å². The Morgan fingerprint density at radius 1 is 1.38 bits per heavy atom. The highest BCUT2D eigenvalue weighted by Gasteiger charge is 2.16. The fourth-order valence-electron chi connectivity index (χ4n) is 1.44. The molecule has 0 aromatic heterocycles. The fourth-order valence-corrected chi connectivity index (χ4v) is 2.22. The van der Waals surface area contributed by atoms with Crippen LogP contribution in [0, 0.1) is 17.7 Å². The summed E-state index contributed by atoms with van der Waals surface area (Å²) < 4.78 is 41.9. The van der Waals surface area contributed by atoms with E-state index >= 15 is 0 Å². The minimum atomic E-state index is -3.20. The van der Waals surface area contributed by atoms with Crippen molar-refractivity contribution in [2.24, 2.45) is 0 Å². The van der Waals surface area contributed by atoms with Crippen LogP contribution in [0.2, 0.25) is 0 Å². The van der Waals surface area contributed by atoms with Gasteiger partial charge in [0.05, 0.1) is 23.2 Å². The van der Waals surface area contributed by atoms with Crippen LogP contribution in [0.25, 0.3) is 0 Å². The van der Waals surface area contributed by atoms with Crippen molar-refractivity contribution >= 4 is 9.84 Å². The Morgan fingerprint density at radius 2 is 2.10 bits per heavy atom. The van der Waals surface area contributed by atoms with Gasteiger partial charge in [-0.3, -0.25) is 0 Å². The maximum Gasteiger partial charge on any atom is 0.155 e. The van der Waals surface area contributed by atoms with Gasteiger partial charge in [0.2, 0.25) is 0 Å². The highest BCUT2D eigenvalue weighted by molar-refractivity contribution is 7.91. The molecule has 1 N–H and O–H groups in total. The van der Waals surface area contributed by atoms with Crippen molar-refractivity contribution in [1.82, 2.24) is 0 Å². The van der Waals surface area contributed by atoms with Crippen molar-refractivity contribution in [3.05, 3.63) is 29.6 Å². The van der Waals surface area contributed by atoms with E-state index in [1.807, 2.05) is 0 Å². The van der Waals surface area contributed by atoms with E-state index in [-0.39, 0.29) is 24.7 Å². The molecule has 0 aliphatic heterocycles. The standard InChI is InChI=1S/C15H19FO4S/c1-12(2)21(18,19)10-9-20-15-11-14(16)7-6-13(15)5-3-4-8-17/h6-7,11-12,17H,4,8-10H2,1-2H3. The molecule has 116 valence electrons. The summed E-state index contributed by atoms with van der Waals surface area (Å²) >= 11 is 0. The van der Waals surface area contributed by atoms with Crippen LogP contribution < -0.4 is 4.74 Å². The van der Waals surface area contributed by atoms with E-state index in [1.54, 1.807) is 13.8 Å². The summed E-state index contributed by atoms with van der Waals surface area (Å²) in [7, 11) is -3.20. The summed E-state index contributed by atoms with van der Waals surface area (Å²) in [5.41, 5.74) is 0.465. The van der Waals surface area contributed by atoms with E-state index in [4.69, 9.17) is 9.84 Å². The van der Waals surface area contributed by atoms with Crippen molar-refractivity contribution in [2.45, 2.75) is 25.5 Å². The fraction of sp³-hybridized carbons (Fsp3) is 0.467. The quantitative estimate of drug-likeness (QED) is 0.813. The maximum atomic E-state index is 13.2. The normalized spacial score (nSPS) is 11.1. The summed E-state index contributed by atoms with van der Waals surface area (Å²) in [5.74, 6) is 5.07. The molecule has 0 aliphatic carbocycles. The number of hydrogen-bond donors (Lipinski definition) is 1. The molecule has 0 fully saturated rings. The SMILES string of the molecule is CC(C)S(=O)(=O)CCOc1cc(F)ccc1C#CCCO. The molecule has 1 rings (SSSR count). The first-order chi connectivity index (χ1) is 9.86. The van der Waals surface area contributed by atoms with E-state index in [0.717, 1.165) is 0 Å². The Kier molecular flexibility index (Phi) is 6.66. The molecule has 0 saturated carbocycles. The van der Waals surface area contributed by atoms with Gasteiger partial charge in [-0.15, -0.1) is 0 Å². The summed E-state index contributed by atoms with van der Waals surface area (Å²) in [6.45, 7) is 3.09. The Hall–Kier alpha value is -1.58. The molecule has 21 heavy (non-hydrogen) atoms. The number of benzene rings is 1. The van der Waals surface area contributed by atoms with Crippen LogP contribution in [0.4, 0.5) is 4.39 Å². The lowest BCUT2D eigenvalue weighted by Gasteiger charge is -2.10. The smallest absolute Gasteiger partial charge is 0.155 e. The highest BCUT2D eigenvalue weighted by Crippen LogP contribution is 2.19. The third kappa shape index (κ3) is 5.74. The molecular formula is C15H19FO4S. The van der Waals surface area contributed by atoms with E-state index in [9.17, 15) is 12.8 Å². The molecule has 0 aliphatic rings. The van der Waals surface area contributed by atoms with Crippen LogP contribution in [-0.4, -0.2) is 37.7 Å². The zero-order valence-electron chi connectivity index (χ0n) is 12.1. The van der Waals surface area contributed by atoms with Gasteiger partial charge in [-0.05, 0) is 26.0 Å². The lowest BCUT2D eigenvalue weighted by molar-refractivity contribution is 0.305. The molecule has 0 saturated heterocycles. The molecule has 0 atom stereocenters. The van der Waals surface area contributed by atoms with Gasteiger partial charge < -0.3 is 9.84 Å². The second-order valence-corrected chi connectivity index (χ2v) is 7.36. The van der Waals surface area contributed by atoms with E-state index < -0.39 is 20.9 Å². The summed E-state index contributed by atoms with van der Waals surface area (Å²) in [5, 5.41) is 8.21. The van der Waals surface area contributed by atoms with Crippen LogP contribution >= 0.6 is 0 Å².